The van der Waals surface area contributed by atoms with E-state index in [0.717, 1.165) is 15.8 Å². The van der Waals surface area contributed by atoms with Crippen molar-refractivity contribution < 1.29 is 13.2 Å². The smallest absolute Gasteiger partial charge is 0.256 e. The van der Waals surface area contributed by atoms with Crippen LogP contribution in [0, 0.1) is 6.92 Å². The number of nitrogens with zero attached hydrogens (tertiary/aromatic N) is 1. The van der Waals surface area contributed by atoms with Gasteiger partial charge in [0.1, 0.15) is 5.37 Å². The molecule has 1 fully saturated rings. The number of amides is 1. The van der Waals surface area contributed by atoms with E-state index >= 15 is 0 Å². The maximum absolute atomic E-state index is 12.8. The summed E-state index contributed by atoms with van der Waals surface area (Å²) in [6, 6.07) is 5.46. The van der Waals surface area contributed by atoms with E-state index in [2.05, 4.69) is 15.9 Å². The molecule has 1 aromatic rings. The molecule has 1 aromatic carbocycles. The summed E-state index contributed by atoms with van der Waals surface area (Å²) in [5, 5.41) is -0.721. The Bertz CT molecular complexity index is 646. The zero-order valence-electron chi connectivity index (χ0n) is 12.0. The van der Waals surface area contributed by atoms with Gasteiger partial charge in [-0.15, -0.1) is 0 Å². The van der Waals surface area contributed by atoms with Crippen LogP contribution < -0.4 is 0 Å². The summed E-state index contributed by atoms with van der Waals surface area (Å²) >= 11 is 5.02. The molecule has 0 spiro atoms. The number of carbonyl (C=O) groups is 1. The van der Waals surface area contributed by atoms with Gasteiger partial charge in [0.15, 0.2) is 9.84 Å². The lowest BCUT2D eigenvalue weighted by atomic mass is 10.1. The first kappa shape index (κ1) is 16.8. The highest BCUT2D eigenvalue weighted by molar-refractivity contribution is 9.10. The molecule has 0 N–H and O–H groups in total. The van der Waals surface area contributed by atoms with Gasteiger partial charge in [0.25, 0.3) is 5.91 Å². The Kier molecular flexibility index (Phi) is 5.38. The van der Waals surface area contributed by atoms with Gasteiger partial charge in [-0.2, -0.15) is 11.8 Å². The van der Waals surface area contributed by atoms with E-state index in [1.54, 1.807) is 24.8 Å². The second-order valence-electron chi connectivity index (χ2n) is 4.92. The topological polar surface area (TPSA) is 54.5 Å². The van der Waals surface area contributed by atoms with E-state index in [1.165, 1.54) is 4.90 Å². The van der Waals surface area contributed by atoms with E-state index in [-0.39, 0.29) is 11.7 Å². The Morgan fingerprint density at radius 1 is 1.48 bits per heavy atom. The van der Waals surface area contributed by atoms with Gasteiger partial charge in [-0.1, -0.05) is 19.1 Å². The molecule has 116 valence electrons. The normalized spacial score (nSPS) is 19.6. The molecule has 1 atom stereocenters. The molecule has 1 amide bonds. The standard InChI is InChI=1S/C14H18BrNO3S2/c1-3-21(18,19)12-9-20-8-7-16(12)14(17)11-6-4-5-10(2)13(11)15/h4-6,12H,3,7-9H2,1-2H3. The average Bonchev–Trinajstić information content (AvgIpc) is 2.49. The summed E-state index contributed by atoms with van der Waals surface area (Å²) in [6.45, 7) is 4.00. The average molecular weight is 392 g/mol. The first-order valence-electron chi connectivity index (χ1n) is 6.74. The fraction of sp³-hybridized carbons (Fsp3) is 0.500. The molecular formula is C14H18BrNO3S2. The van der Waals surface area contributed by atoms with Crippen LogP contribution in [0.3, 0.4) is 0 Å². The van der Waals surface area contributed by atoms with Crippen molar-refractivity contribution in [3.8, 4) is 0 Å². The van der Waals surface area contributed by atoms with Crippen molar-refractivity contribution in [2.75, 3.05) is 23.8 Å². The van der Waals surface area contributed by atoms with E-state index < -0.39 is 15.2 Å². The molecule has 1 aliphatic heterocycles. The fourth-order valence-electron chi connectivity index (χ4n) is 2.27. The van der Waals surface area contributed by atoms with Crippen LogP contribution in [-0.4, -0.2) is 48.4 Å². The number of sulfone groups is 1. The lowest BCUT2D eigenvalue weighted by Gasteiger charge is -2.35. The largest absolute Gasteiger partial charge is 0.320 e. The SMILES string of the molecule is CCS(=O)(=O)C1CSCCN1C(=O)c1cccc(C)c1Br. The second-order valence-corrected chi connectivity index (χ2v) is 9.31. The predicted molar refractivity (Wildman–Crippen MR) is 90.5 cm³/mol. The molecule has 1 aliphatic rings. The molecule has 1 unspecified atom stereocenters. The van der Waals surface area contributed by atoms with E-state index in [9.17, 15) is 13.2 Å². The highest BCUT2D eigenvalue weighted by atomic mass is 79.9. The number of halogens is 1. The zero-order valence-corrected chi connectivity index (χ0v) is 15.2. The van der Waals surface area contributed by atoms with E-state index in [1.807, 2.05) is 19.1 Å². The van der Waals surface area contributed by atoms with Crippen molar-refractivity contribution >= 4 is 43.4 Å². The number of hydrogen-bond acceptors (Lipinski definition) is 4. The van der Waals surface area contributed by atoms with Crippen LogP contribution in [0.2, 0.25) is 0 Å². The van der Waals surface area contributed by atoms with Crippen molar-refractivity contribution in [1.29, 1.82) is 0 Å². The van der Waals surface area contributed by atoms with Gasteiger partial charge in [0.05, 0.1) is 5.56 Å². The third kappa shape index (κ3) is 3.46. The zero-order chi connectivity index (χ0) is 15.6. The van der Waals surface area contributed by atoms with Crippen LogP contribution >= 0.6 is 27.7 Å². The minimum Gasteiger partial charge on any atom is -0.320 e. The molecular weight excluding hydrogens is 374 g/mol. The molecule has 2 rings (SSSR count). The summed E-state index contributed by atoms with van der Waals surface area (Å²) in [7, 11) is -3.28. The van der Waals surface area contributed by atoms with Gasteiger partial charge in [0.2, 0.25) is 0 Å². The summed E-state index contributed by atoms with van der Waals surface area (Å²) in [5.74, 6) is 1.06. The molecule has 7 heteroatoms. The summed E-state index contributed by atoms with van der Waals surface area (Å²) in [4.78, 5) is 14.3. The number of thioether (sulfide) groups is 1. The van der Waals surface area contributed by atoms with Crippen LogP contribution in [0.5, 0.6) is 0 Å². The number of aryl methyl sites for hydroxylation is 1. The van der Waals surface area contributed by atoms with E-state index in [4.69, 9.17) is 0 Å². The Morgan fingerprint density at radius 3 is 2.86 bits per heavy atom. The molecule has 1 heterocycles. The lowest BCUT2D eigenvalue weighted by Crippen LogP contribution is -2.50. The molecule has 21 heavy (non-hydrogen) atoms. The van der Waals surface area contributed by atoms with Crippen LogP contribution in [0.4, 0.5) is 0 Å². The van der Waals surface area contributed by atoms with Crippen LogP contribution in [0.15, 0.2) is 22.7 Å². The monoisotopic (exact) mass is 391 g/mol. The van der Waals surface area contributed by atoms with Crippen LogP contribution in [-0.2, 0) is 9.84 Å². The van der Waals surface area contributed by atoms with Gasteiger partial charge < -0.3 is 4.90 Å². The number of carbonyl (C=O) groups excluding carboxylic acids is 1. The Balaban J connectivity index is 2.38. The van der Waals surface area contributed by atoms with Gasteiger partial charge in [0, 0.05) is 28.3 Å². The third-order valence-electron chi connectivity index (χ3n) is 3.58. The molecule has 0 aromatic heterocycles. The van der Waals surface area contributed by atoms with Crippen molar-refractivity contribution in [3.63, 3.8) is 0 Å². The number of hydrogen-bond donors (Lipinski definition) is 0. The van der Waals surface area contributed by atoms with Gasteiger partial charge in [-0.05, 0) is 34.5 Å². The van der Waals surface area contributed by atoms with Gasteiger partial charge in [-0.3, -0.25) is 4.79 Å². The maximum atomic E-state index is 12.8. The fourth-order valence-corrected chi connectivity index (χ4v) is 5.67. The predicted octanol–water partition coefficient (Wildman–Crippen LogP) is 2.71. The van der Waals surface area contributed by atoms with Crippen LogP contribution in [0.1, 0.15) is 22.8 Å². The Labute approximate surface area is 138 Å². The van der Waals surface area contributed by atoms with Crippen molar-refractivity contribution in [3.05, 3.63) is 33.8 Å². The van der Waals surface area contributed by atoms with Crippen molar-refractivity contribution in [2.24, 2.45) is 0 Å². The van der Waals surface area contributed by atoms with Gasteiger partial charge in [-0.25, -0.2) is 8.42 Å². The minimum atomic E-state index is -3.28. The lowest BCUT2D eigenvalue weighted by molar-refractivity contribution is 0.0748. The first-order chi connectivity index (χ1) is 9.88. The molecule has 0 saturated carbocycles. The van der Waals surface area contributed by atoms with E-state index in [0.29, 0.717) is 17.9 Å². The maximum Gasteiger partial charge on any atom is 0.256 e. The number of rotatable bonds is 3. The minimum absolute atomic E-state index is 0.0526. The first-order valence-corrected chi connectivity index (χ1v) is 10.4. The summed E-state index contributed by atoms with van der Waals surface area (Å²) in [6.07, 6.45) is 0. The highest BCUT2D eigenvalue weighted by Gasteiger charge is 2.36. The molecule has 0 radical (unpaired) electrons. The quantitative estimate of drug-likeness (QED) is 0.794. The molecule has 4 nitrogen and oxygen atoms in total. The second kappa shape index (κ2) is 6.71. The Hall–Kier alpha value is -0.530. The molecule has 0 bridgehead atoms. The van der Waals surface area contributed by atoms with Crippen molar-refractivity contribution in [1.82, 2.24) is 4.90 Å². The summed E-state index contributed by atoms with van der Waals surface area (Å²) in [5.41, 5.74) is 1.49. The summed E-state index contributed by atoms with van der Waals surface area (Å²) < 4.78 is 25.2. The number of benzene rings is 1. The highest BCUT2D eigenvalue weighted by Crippen LogP contribution is 2.27. The molecule has 1 saturated heterocycles. The molecule has 0 aliphatic carbocycles. The third-order valence-corrected chi connectivity index (χ3v) is 7.93. The van der Waals surface area contributed by atoms with Gasteiger partial charge >= 0.3 is 0 Å². The van der Waals surface area contributed by atoms with Crippen molar-refractivity contribution in [2.45, 2.75) is 19.2 Å². The van der Waals surface area contributed by atoms with Crippen LogP contribution in [0.25, 0.3) is 0 Å². The Morgan fingerprint density at radius 2 is 2.19 bits per heavy atom.